The van der Waals surface area contributed by atoms with E-state index in [1.807, 2.05) is 24.3 Å². The molecule has 0 radical (unpaired) electrons. The molecule has 0 spiro atoms. The average Bonchev–Trinajstić information content (AvgIpc) is 3.04. The Labute approximate surface area is 151 Å². The minimum absolute atomic E-state index is 0.292. The topological polar surface area (TPSA) is 29.0 Å². The number of hydrogen-bond donors (Lipinski definition) is 0. The van der Waals surface area contributed by atoms with Gasteiger partial charge in [-0.25, -0.2) is 0 Å². The van der Waals surface area contributed by atoms with Gasteiger partial charge in [-0.3, -0.25) is 4.98 Å². The fraction of sp³-hybridized carbons (Fsp3) is 0.333. The first-order chi connectivity index (χ1) is 12.6. The molecule has 134 valence electrons. The molecule has 0 saturated carbocycles. The van der Waals surface area contributed by atoms with E-state index in [0.29, 0.717) is 17.2 Å². The van der Waals surface area contributed by atoms with Crippen LogP contribution in [0.25, 0.3) is 22.0 Å². The Hall–Kier alpha value is -2.40. The van der Waals surface area contributed by atoms with Crippen molar-refractivity contribution in [2.45, 2.75) is 32.2 Å². The average molecular weight is 353 g/mol. The molecular weight excluding hydrogens is 332 g/mol. The molecule has 2 aromatic heterocycles. The lowest BCUT2D eigenvalue weighted by Gasteiger charge is -2.20. The normalized spacial score (nSPS) is 17.9. The van der Waals surface area contributed by atoms with Crippen molar-refractivity contribution in [3.05, 3.63) is 60.1 Å². The standard InChI is InChI=1S/C21H21F2N3/c1-14-3-2-11-26(14)12-10-17-6-4-16-13-15(5-8-19(16)24-17)18-7-9-20(22)25-21(18)23/h4-9,13-14H,2-3,10-12H2,1H3/t14-/m1/s1. The molecule has 1 saturated heterocycles. The van der Waals surface area contributed by atoms with E-state index in [9.17, 15) is 8.78 Å². The van der Waals surface area contributed by atoms with Crippen LogP contribution in [0.3, 0.4) is 0 Å². The van der Waals surface area contributed by atoms with Crippen molar-refractivity contribution in [1.82, 2.24) is 14.9 Å². The van der Waals surface area contributed by atoms with Crippen molar-refractivity contribution in [3.8, 4) is 11.1 Å². The number of fused-ring (bicyclic) bond motifs is 1. The van der Waals surface area contributed by atoms with Gasteiger partial charge >= 0.3 is 0 Å². The van der Waals surface area contributed by atoms with Crippen molar-refractivity contribution in [2.75, 3.05) is 13.1 Å². The van der Waals surface area contributed by atoms with E-state index in [0.717, 1.165) is 29.6 Å². The number of pyridine rings is 2. The lowest BCUT2D eigenvalue weighted by molar-refractivity contribution is 0.271. The molecule has 0 bridgehead atoms. The van der Waals surface area contributed by atoms with Crippen LogP contribution in [0.1, 0.15) is 25.5 Å². The second-order valence-electron chi connectivity index (χ2n) is 6.96. The van der Waals surface area contributed by atoms with Crippen LogP contribution in [-0.4, -0.2) is 34.0 Å². The zero-order valence-electron chi connectivity index (χ0n) is 14.8. The van der Waals surface area contributed by atoms with Gasteiger partial charge in [-0.05, 0) is 62.2 Å². The maximum Gasteiger partial charge on any atom is 0.223 e. The predicted octanol–water partition coefficient (Wildman–Crippen LogP) is 4.60. The van der Waals surface area contributed by atoms with E-state index in [2.05, 4.69) is 16.8 Å². The van der Waals surface area contributed by atoms with Crippen molar-refractivity contribution in [2.24, 2.45) is 0 Å². The molecule has 0 unspecified atom stereocenters. The number of rotatable bonds is 4. The molecule has 5 heteroatoms. The number of likely N-dealkylation sites (tertiary alicyclic amines) is 1. The minimum Gasteiger partial charge on any atom is -0.300 e. The van der Waals surface area contributed by atoms with Gasteiger partial charge in [-0.1, -0.05) is 12.1 Å². The van der Waals surface area contributed by atoms with Gasteiger partial charge in [0, 0.05) is 35.7 Å². The Morgan fingerprint density at radius 1 is 1.08 bits per heavy atom. The van der Waals surface area contributed by atoms with Crippen LogP contribution in [0.2, 0.25) is 0 Å². The highest BCUT2D eigenvalue weighted by molar-refractivity contribution is 5.84. The van der Waals surface area contributed by atoms with Gasteiger partial charge in [0.05, 0.1) is 5.52 Å². The molecule has 1 aliphatic rings. The third-order valence-electron chi connectivity index (χ3n) is 5.22. The maximum atomic E-state index is 13.9. The summed E-state index contributed by atoms with van der Waals surface area (Å²) < 4.78 is 26.9. The largest absolute Gasteiger partial charge is 0.300 e. The molecule has 3 heterocycles. The first-order valence-electron chi connectivity index (χ1n) is 9.06. The molecule has 3 nitrogen and oxygen atoms in total. The lowest BCUT2D eigenvalue weighted by Crippen LogP contribution is -2.29. The summed E-state index contributed by atoms with van der Waals surface area (Å²) in [5, 5.41) is 0.935. The smallest absolute Gasteiger partial charge is 0.223 e. The Morgan fingerprint density at radius 2 is 1.96 bits per heavy atom. The first-order valence-corrected chi connectivity index (χ1v) is 9.06. The summed E-state index contributed by atoms with van der Waals surface area (Å²) in [6.45, 7) is 4.49. The minimum atomic E-state index is -0.814. The molecule has 1 aromatic carbocycles. The zero-order chi connectivity index (χ0) is 18.1. The lowest BCUT2D eigenvalue weighted by atomic mass is 10.0. The van der Waals surface area contributed by atoms with Gasteiger partial charge in [0.15, 0.2) is 0 Å². The van der Waals surface area contributed by atoms with Crippen LogP contribution in [0, 0.1) is 11.9 Å². The first kappa shape index (κ1) is 17.0. The highest BCUT2D eigenvalue weighted by atomic mass is 19.1. The fourth-order valence-corrected chi connectivity index (χ4v) is 3.69. The Morgan fingerprint density at radius 3 is 2.73 bits per heavy atom. The second-order valence-corrected chi connectivity index (χ2v) is 6.96. The number of benzene rings is 1. The van der Waals surface area contributed by atoms with Gasteiger partial charge in [0.1, 0.15) is 0 Å². The summed E-state index contributed by atoms with van der Waals surface area (Å²) in [5.74, 6) is -1.61. The molecule has 3 aromatic rings. The second kappa shape index (κ2) is 7.08. The van der Waals surface area contributed by atoms with Gasteiger partial charge in [0.25, 0.3) is 0 Å². The monoisotopic (exact) mass is 353 g/mol. The Balaban J connectivity index is 1.56. The molecule has 0 N–H and O–H groups in total. The van der Waals surface area contributed by atoms with Gasteiger partial charge in [-0.2, -0.15) is 13.8 Å². The maximum absolute atomic E-state index is 13.9. The summed E-state index contributed by atoms with van der Waals surface area (Å²) in [4.78, 5) is 10.5. The van der Waals surface area contributed by atoms with Gasteiger partial charge in [0.2, 0.25) is 11.9 Å². The van der Waals surface area contributed by atoms with Crippen molar-refractivity contribution in [3.63, 3.8) is 0 Å². The summed E-state index contributed by atoms with van der Waals surface area (Å²) >= 11 is 0. The SMILES string of the molecule is C[C@@H]1CCCN1CCc1ccc2cc(-c3ccc(F)nc3F)ccc2n1. The molecule has 1 aliphatic heterocycles. The molecule has 1 fully saturated rings. The van der Waals surface area contributed by atoms with E-state index in [1.165, 1.54) is 31.5 Å². The summed E-state index contributed by atoms with van der Waals surface area (Å²) in [5.41, 5.74) is 2.92. The molecule has 4 rings (SSSR count). The number of aromatic nitrogens is 2. The highest BCUT2D eigenvalue weighted by Gasteiger charge is 2.19. The van der Waals surface area contributed by atoms with E-state index >= 15 is 0 Å². The third kappa shape index (κ3) is 3.44. The van der Waals surface area contributed by atoms with Crippen molar-refractivity contribution < 1.29 is 8.78 Å². The van der Waals surface area contributed by atoms with Crippen LogP contribution in [0.15, 0.2) is 42.5 Å². The molecule has 1 atom stereocenters. The third-order valence-corrected chi connectivity index (χ3v) is 5.22. The number of hydrogen-bond acceptors (Lipinski definition) is 3. The van der Waals surface area contributed by atoms with Crippen LogP contribution >= 0.6 is 0 Å². The molecule has 26 heavy (non-hydrogen) atoms. The van der Waals surface area contributed by atoms with Crippen molar-refractivity contribution in [1.29, 1.82) is 0 Å². The van der Waals surface area contributed by atoms with Crippen molar-refractivity contribution >= 4 is 10.9 Å². The molecule has 0 amide bonds. The highest BCUT2D eigenvalue weighted by Crippen LogP contribution is 2.26. The van der Waals surface area contributed by atoms with Gasteiger partial charge in [-0.15, -0.1) is 0 Å². The summed E-state index contributed by atoms with van der Waals surface area (Å²) in [6, 6.07) is 12.9. The summed E-state index contributed by atoms with van der Waals surface area (Å²) in [7, 11) is 0. The Bertz CT molecular complexity index is 942. The fourth-order valence-electron chi connectivity index (χ4n) is 3.69. The van der Waals surface area contributed by atoms with E-state index < -0.39 is 11.9 Å². The van der Waals surface area contributed by atoms with Crippen LogP contribution in [-0.2, 0) is 6.42 Å². The number of nitrogens with zero attached hydrogens (tertiary/aromatic N) is 3. The predicted molar refractivity (Wildman–Crippen MR) is 98.9 cm³/mol. The molecule has 0 aliphatic carbocycles. The Kier molecular flexibility index (Phi) is 4.64. The van der Waals surface area contributed by atoms with Crippen LogP contribution in [0.5, 0.6) is 0 Å². The zero-order valence-corrected chi connectivity index (χ0v) is 14.8. The van der Waals surface area contributed by atoms with E-state index in [-0.39, 0.29) is 0 Å². The van der Waals surface area contributed by atoms with Gasteiger partial charge < -0.3 is 4.90 Å². The number of halogens is 2. The van der Waals surface area contributed by atoms with Crippen LogP contribution in [0.4, 0.5) is 8.78 Å². The van der Waals surface area contributed by atoms with E-state index in [1.54, 1.807) is 6.07 Å². The quantitative estimate of drug-likeness (QED) is 0.642. The van der Waals surface area contributed by atoms with E-state index in [4.69, 9.17) is 4.98 Å². The summed E-state index contributed by atoms with van der Waals surface area (Å²) in [6.07, 6.45) is 3.49. The van der Waals surface area contributed by atoms with Crippen LogP contribution < -0.4 is 0 Å². The molecular formula is C21H21F2N3.